The number of methoxy groups -OCH3 is 1. The molecule has 13 heavy (non-hydrogen) atoms. The Labute approximate surface area is 75.3 Å². The second-order valence-corrected chi connectivity index (χ2v) is 2.94. The summed E-state index contributed by atoms with van der Waals surface area (Å²) in [7, 11) is 1.31. The Balaban J connectivity index is 2.60. The van der Waals surface area contributed by atoms with Crippen LogP contribution in [0.3, 0.4) is 0 Å². The van der Waals surface area contributed by atoms with Gasteiger partial charge < -0.3 is 29.9 Å². The van der Waals surface area contributed by atoms with Crippen LogP contribution in [0.2, 0.25) is 0 Å². The summed E-state index contributed by atoms with van der Waals surface area (Å²) in [6, 6.07) is 0. The summed E-state index contributed by atoms with van der Waals surface area (Å²) >= 11 is 0. The third kappa shape index (κ3) is 1.98. The van der Waals surface area contributed by atoms with E-state index in [9.17, 15) is 10.2 Å². The lowest BCUT2D eigenvalue weighted by molar-refractivity contribution is -0.166. The number of hydrogen-bond donors (Lipinski definition) is 4. The lowest BCUT2D eigenvalue weighted by Gasteiger charge is -2.18. The van der Waals surface area contributed by atoms with E-state index in [0.717, 1.165) is 0 Å². The number of rotatable bonds is 3. The van der Waals surface area contributed by atoms with Crippen molar-refractivity contribution in [3.63, 3.8) is 0 Å². The first kappa shape index (κ1) is 10.8. The summed E-state index contributed by atoms with van der Waals surface area (Å²) in [4.78, 5) is 0. The van der Waals surface area contributed by atoms with E-state index in [1.54, 1.807) is 0 Å². The minimum atomic E-state index is -1.24. The Morgan fingerprint density at radius 2 is 2.00 bits per heavy atom. The molecule has 1 aliphatic rings. The third-order valence-electron chi connectivity index (χ3n) is 2.06. The fourth-order valence-corrected chi connectivity index (χ4v) is 1.29. The molecule has 0 aliphatic carbocycles. The second-order valence-electron chi connectivity index (χ2n) is 2.94. The second kappa shape index (κ2) is 4.32. The zero-order valence-corrected chi connectivity index (χ0v) is 7.20. The van der Waals surface area contributed by atoms with Crippen molar-refractivity contribution in [3.8, 4) is 0 Å². The molecule has 1 saturated heterocycles. The topological polar surface area (TPSA) is 99.4 Å². The summed E-state index contributed by atoms with van der Waals surface area (Å²) in [5.74, 6) is 0. The maximum Gasteiger partial charge on any atom is 0.186 e. The van der Waals surface area contributed by atoms with Crippen LogP contribution in [0.15, 0.2) is 0 Å². The average molecular weight is 194 g/mol. The van der Waals surface area contributed by atoms with Gasteiger partial charge in [-0.25, -0.2) is 0 Å². The Morgan fingerprint density at radius 1 is 1.38 bits per heavy atom. The molecule has 1 unspecified atom stereocenters. The van der Waals surface area contributed by atoms with Crippen molar-refractivity contribution < 1.29 is 29.9 Å². The predicted molar refractivity (Wildman–Crippen MR) is 40.8 cm³/mol. The van der Waals surface area contributed by atoms with Crippen molar-refractivity contribution in [1.82, 2.24) is 0 Å². The van der Waals surface area contributed by atoms with Crippen molar-refractivity contribution in [2.75, 3.05) is 13.7 Å². The van der Waals surface area contributed by atoms with E-state index >= 15 is 0 Å². The molecule has 1 fully saturated rings. The molecule has 0 radical (unpaired) electrons. The Morgan fingerprint density at radius 3 is 2.38 bits per heavy atom. The van der Waals surface area contributed by atoms with Crippen molar-refractivity contribution in [3.05, 3.63) is 0 Å². The predicted octanol–water partition coefficient (Wildman–Crippen LogP) is -2.57. The Hall–Kier alpha value is -0.240. The smallest absolute Gasteiger partial charge is 0.186 e. The van der Waals surface area contributed by atoms with Crippen molar-refractivity contribution >= 4 is 0 Å². The number of aliphatic hydroxyl groups excluding tert-OH is 4. The van der Waals surface area contributed by atoms with E-state index in [4.69, 9.17) is 19.7 Å². The molecular formula is C7H14O6. The fraction of sp³-hybridized carbons (Fsp3) is 1.00. The van der Waals surface area contributed by atoms with E-state index in [0.29, 0.717) is 0 Å². The molecule has 1 rings (SSSR count). The number of hydrogen-bond acceptors (Lipinski definition) is 6. The quantitative estimate of drug-likeness (QED) is 0.394. The van der Waals surface area contributed by atoms with Crippen molar-refractivity contribution in [2.45, 2.75) is 30.7 Å². The lowest BCUT2D eigenvalue weighted by Crippen LogP contribution is -2.40. The van der Waals surface area contributed by atoms with Crippen LogP contribution in [0.4, 0.5) is 0 Å². The average Bonchev–Trinajstić information content (AvgIpc) is 2.43. The van der Waals surface area contributed by atoms with E-state index in [1.807, 2.05) is 0 Å². The fourth-order valence-electron chi connectivity index (χ4n) is 1.29. The standard InChI is InChI=1S/C7H14O6/c1-12-7-5(11)4(10)6(13-7)3(9)2-8/h3-11H,2H2,1H3/t3-,4-,5-,6-,7?/m0/s1. The van der Waals surface area contributed by atoms with Gasteiger partial charge in [-0.3, -0.25) is 0 Å². The maximum atomic E-state index is 9.33. The van der Waals surface area contributed by atoms with Crippen LogP contribution in [0, 0.1) is 0 Å². The number of aliphatic hydroxyl groups is 4. The van der Waals surface area contributed by atoms with Gasteiger partial charge in [-0.15, -0.1) is 0 Å². The van der Waals surface area contributed by atoms with E-state index in [2.05, 4.69) is 0 Å². The van der Waals surface area contributed by atoms with Gasteiger partial charge in [-0.2, -0.15) is 0 Å². The highest BCUT2D eigenvalue weighted by molar-refractivity contribution is 4.90. The third-order valence-corrected chi connectivity index (χ3v) is 2.06. The van der Waals surface area contributed by atoms with E-state index in [1.165, 1.54) is 7.11 Å². The molecule has 0 aromatic heterocycles. The summed E-state index contributed by atoms with van der Waals surface area (Å²) in [5.41, 5.74) is 0. The van der Waals surface area contributed by atoms with Crippen LogP contribution in [-0.2, 0) is 9.47 Å². The molecule has 0 aromatic rings. The largest absolute Gasteiger partial charge is 0.394 e. The summed E-state index contributed by atoms with van der Waals surface area (Å²) in [6.45, 7) is -0.537. The Kier molecular flexibility index (Phi) is 3.60. The minimum Gasteiger partial charge on any atom is -0.394 e. The molecule has 1 heterocycles. The van der Waals surface area contributed by atoms with Gasteiger partial charge in [0.2, 0.25) is 0 Å². The van der Waals surface area contributed by atoms with Gasteiger partial charge in [-0.1, -0.05) is 0 Å². The Bertz CT molecular complexity index is 163. The lowest BCUT2D eigenvalue weighted by atomic mass is 10.1. The highest BCUT2D eigenvalue weighted by atomic mass is 16.7. The highest BCUT2D eigenvalue weighted by Crippen LogP contribution is 2.23. The first-order valence-corrected chi connectivity index (χ1v) is 3.95. The minimum absolute atomic E-state index is 0.537. The maximum absolute atomic E-state index is 9.33. The van der Waals surface area contributed by atoms with Crippen LogP contribution >= 0.6 is 0 Å². The summed E-state index contributed by atoms with van der Waals surface area (Å²) in [5, 5.41) is 36.4. The monoisotopic (exact) mass is 194 g/mol. The molecular weight excluding hydrogens is 180 g/mol. The molecule has 0 bridgehead atoms. The normalized spacial score (nSPS) is 42.2. The SMILES string of the molecule is COC1O[C@@H]([C@@H](O)CO)[C@@H](O)[C@@H]1O. The summed E-state index contributed by atoms with van der Waals surface area (Å²) < 4.78 is 9.65. The molecule has 1 aliphatic heterocycles. The first-order valence-electron chi connectivity index (χ1n) is 3.95. The van der Waals surface area contributed by atoms with Gasteiger partial charge in [0.1, 0.15) is 24.4 Å². The zero-order chi connectivity index (χ0) is 10.0. The van der Waals surface area contributed by atoms with Crippen LogP contribution in [0.5, 0.6) is 0 Å². The molecule has 6 nitrogen and oxygen atoms in total. The van der Waals surface area contributed by atoms with Crippen molar-refractivity contribution in [2.24, 2.45) is 0 Å². The van der Waals surface area contributed by atoms with Crippen LogP contribution in [-0.4, -0.2) is 64.8 Å². The van der Waals surface area contributed by atoms with E-state index < -0.39 is 37.3 Å². The number of ether oxygens (including phenoxy) is 2. The van der Waals surface area contributed by atoms with E-state index in [-0.39, 0.29) is 0 Å². The highest BCUT2D eigenvalue weighted by Gasteiger charge is 2.45. The van der Waals surface area contributed by atoms with Gasteiger partial charge >= 0.3 is 0 Å². The molecule has 6 heteroatoms. The molecule has 0 amide bonds. The van der Waals surface area contributed by atoms with Crippen LogP contribution in [0.25, 0.3) is 0 Å². The zero-order valence-electron chi connectivity index (χ0n) is 7.20. The van der Waals surface area contributed by atoms with Gasteiger partial charge in [0, 0.05) is 7.11 Å². The molecule has 0 saturated carbocycles. The van der Waals surface area contributed by atoms with Crippen LogP contribution < -0.4 is 0 Å². The van der Waals surface area contributed by atoms with Gasteiger partial charge in [0.15, 0.2) is 6.29 Å². The molecule has 0 aromatic carbocycles. The molecule has 4 N–H and O–H groups in total. The first-order chi connectivity index (χ1) is 6.11. The van der Waals surface area contributed by atoms with Gasteiger partial charge in [-0.05, 0) is 0 Å². The molecule has 78 valence electrons. The van der Waals surface area contributed by atoms with Crippen LogP contribution in [0.1, 0.15) is 0 Å². The van der Waals surface area contributed by atoms with Gasteiger partial charge in [0.25, 0.3) is 0 Å². The molecule has 0 spiro atoms. The van der Waals surface area contributed by atoms with Crippen molar-refractivity contribution in [1.29, 1.82) is 0 Å². The van der Waals surface area contributed by atoms with Gasteiger partial charge in [0.05, 0.1) is 6.61 Å². The molecule has 5 atom stereocenters. The summed E-state index contributed by atoms with van der Waals surface area (Å²) in [6.07, 6.45) is -5.63.